The molecule has 1 N–H and O–H groups in total. The van der Waals surface area contributed by atoms with Gasteiger partial charge in [-0.2, -0.15) is 5.10 Å². The van der Waals surface area contributed by atoms with Gasteiger partial charge in [0.1, 0.15) is 5.82 Å². The van der Waals surface area contributed by atoms with Crippen molar-refractivity contribution >= 4 is 5.91 Å². The Bertz CT molecular complexity index is 808. The SMILES string of the molecule is CCn1nc(C(=O)N2CCC[C@H](c3cc(=O)[nH]c(C)n3)C2)cc1C. The first-order chi connectivity index (χ1) is 11.5. The molecule has 0 aromatic carbocycles. The van der Waals surface area contributed by atoms with E-state index in [9.17, 15) is 9.59 Å². The van der Waals surface area contributed by atoms with E-state index in [1.165, 1.54) is 0 Å². The standard InChI is InChI=1S/C17H23N5O2/c1-4-22-11(2)8-15(20-22)17(24)21-7-5-6-13(10-21)14-9-16(23)19-12(3)18-14/h8-9,13H,4-7,10H2,1-3H3,(H,18,19,23)/t13-/m0/s1. The lowest BCUT2D eigenvalue weighted by Crippen LogP contribution is -2.39. The molecule has 0 radical (unpaired) electrons. The third kappa shape index (κ3) is 3.25. The number of nitrogens with one attached hydrogen (secondary N) is 1. The Balaban J connectivity index is 1.79. The van der Waals surface area contributed by atoms with Gasteiger partial charge in [0.2, 0.25) is 0 Å². The molecule has 2 aromatic rings. The van der Waals surface area contributed by atoms with Crippen LogP contribution >= 0.6 is 0 Å². The molecule has 0 spiro atoms. The van der Waals surface area contributed by atoms with Crippen LogP contribution in [0.4, 0.5) is 0 Å². The number of rotatable bonds is 3. The summed E-state index contributed by atoms with van der Waals surface area (Å²) in [5.74, 6) is 0.660. The molecule has 1 aliphatic rings. The molecule has 128 valence electrons. The number of carbonyl (C=O) groups excluding carboxylic acids is 1. The maximum Gasteiger partial charge on any atom is 0.274 e. The van der Waals surface area contributed by atoms with Crippen LogP contribution in [-0.4, -0.2) is 43.6 Å². The van der Waals surface area contributed by atoms with Crippen LogP contribution in [0.25, 0.3) is 0 Å². The van der Waals surface area contributed by atoms with Crippen LogP contribution in [0.5, 0.6) is 0 Å². The lowest BCUT2D eigenvalue weighted by Gasteiger charge is -2.32. The van der Waals surface area contributed by atoms with Crippen molar-refractivity contribution in [3.8, 4) is 0 Å². The summed E-state index contributed by atoms with van der Waals surface area (Å²) in [5.41, 5.74) is 2.11. The number of aryl methyl sites for hydroxylation is 3. The van der Waals surface area contributed by atoms with Crippen molar-refractivity contribution in [1.82, 2.24) is 24.6 Å². The molecule has 0 aliphatic carbocycles. The summed E-state index contributed by atoms with van der Waals surface area (Å²) >= 11 is 0. The molecule has 3 rings (SSSR count). The van der Waals surface area contributed by atoms with Crippen molar-refractivity contribution in [3.63, 3.8) is 0 Å². The Labute approximate surface area is 140 Å². The number of carbonyl (C=O) groups is 1. The Morgan fingerprint density at radius 1 is 1.38 bits per heavy atom. The number of aromatic amines is 1. The van der Waals surface area contributed by atoms with E-state index in [1.807, 2.05) is 29.5 Å². The van der Waals surface area contributed by atoms with Crippen molar-refractivity contribution in [1.29, 1.82) is 0 Å². The van der Waals surface area contributed by atoms with Gasteiger partial charge in [-0.1, -0.05) is 0 Å². The topological polar surface area (TPSA) is 83.9 Å². The second-order valence-electron chi connectivity index (χ2n) is 6.33. The van der Waals surface area contributed by atoms with Gasteiger partial charge in [0.25, 0.3) is 11.5 Å². The smallest absolute Gasteiger partial charge is 0.274 e. The van der Waals surface area contributed by atoms with Gasteiger partial charge in [-0.25, -0.2) is 4.98 Å². The quantitative estimate of drug-likeness (QED) is 0.927. The first-order valence-corrected chi connectivity index (χ1v) is 8.39. The zero-order valence-corrected chi connectivity index (χ0v) is 14.4. The van der Waals surface area contributed by atoms with Gasteiger partial charge in [0.05, 0.1) is 5.69 Å². The minimum absolute atomic E-state index is 0.0448. The van der Waals surface area contributed by atoms with E-state index in [4.69, 9.17) is 0 Å². The van der Waals surface area contributed by atoms with Crippen LogP contribution in [0, 0.1) is 13.8 Å². The third-order valence-corrected chi connectivity index (χ3v) is 4.51. The van der Waals surface area contributed by atoms with E-state index in [0.717, 1.165) is 37.3 Å². The van der Waals surface area contributed by atoms with Crippen molar-refractivity contribution in [2.75, 3.05) is 13.1 Å². The van der Waals surface area contributed by atoms with Gasteiger partial charge < -0.3 is 9.88 Å². The molecule has 0 bridgehead atoms. The molecular formula is C17H23N5O2. The lowest BCUT2D eigenvalue weighted by atomic mass is 9.94. The monoisotopic (exact) mass is 329 g/mol. The highest BCUT2D eigenvalue weighted by atomic mass is 16.2. The third-order valence-electron chi connectivity index (χ3n) is 4.51. The molecule has 1 saturated heterocycles. The second kappa shape index (κ2) is 6.59. The van der Waals surface area contributed by atoms with E-state index in [0.29, 0.717) is 18.1 Å². The van der Waals surface area contributed by atoms with Crippen LogP contribution in [0.3, 0.4) is 0 Å². The fourth-order valence-electron chi connectivity index (χ4n) is 3.31. The van der Waals surface area contributed by atoms with Crippen LogP contribution < -0.4 is 5.56 Å². The second-order valence-corrected chi connectivity index (χ2v) is 6.33. The Morgan fingerprint density at radius 2 is 2.17 bits per heavy atom. The van der Waals surface area contributed by atoms with E-state index in [1.54, 1.807) is 13.0 Å². The first-order valence-electron chi connectivity index (χ1n) is 8.39. The minimum atomic E-state index is -0.140. The average Bonchev–Trinajstić information content (AvgIpc) is 2.94. The summed E-state index contributed by atoms with van der Waals surface area (Å²) in [5, 5.41) is 4.38. The van der Waals surface area contributed by atoms with Gasteiger partial charge in [0.15, 0.2) is 5.69 Å². The van der Waals surface area contributed by atoms with Crippen molar-refractivity contribution in [2.24, 2.45) is 0 Å². The summed E-state index contributed by atoms with van der Waals surface area (Å²) in [4.78, 5) is 33.4. The average molecular weight is 329 g/mol. The number of nitrogens with zero attached hydrogens (tertiary/aromatic N) is 4. The molecule has 0 unspecified atom stereocenters. The Hall–Kier alpha value is -2.44. The largest absolute Gasteiger partial charge is 0.337 e. The van der Waals surface area contributed by atoms with E-state index < -0.39 is 0 Å². The lowest BCUT2D eigenvalue weighted by molar-refractivity contribution is 0.0699. The number of aromatic nitrogens is 4. The molecule has 7 heteroatoms. The van der Waals surface area contributed by atoms with E-state index in [2.05, 4.69) is 15.1 Å². The van der Waals surface area contributed by atoms with Crippen molar-refractivity contribution in [2.45, 2.75) is 46.1 Å². The zero-order valence-electron chi connectivity index (χ0n) is 14.4. The molecule has 1 fully saturated rings. The molecule has 1 amide bonds. The number of H-pyrrole nitrogens is 1. The summed E-state index contributed by atoms with van der Waals surface area (Å²) in [6, 6.07) is 3.38. The van der Waals surface area contributed by atoms with Gasteiger partial charge in [-0.05, 0) is 39.7 Å². The highest BCUT2D eigenvalue weighted by molar-refractivity contribution is 5.92. The Kier molecular flexibility index (Phi) is 4.51. The highest BCUT2D eigenvalue weighted by Gasteiger charge is 2.28. The molecule has 1 aliphatic heterocycles. The summed E-state index contributed by atoms with van der Waals surface area (Å²) in [6.07, 6.45) is 1.83. The van der Waals surface area contributed by atoms with Crippen LogP contribution in [0.15, 0.2) is 16.9 Å². The first kappa shape index (κ1) is 16.4. The number of piperidine rings is 1. The molecule has 2 aromatic heterocycles. The fourth-order valence-corrected chi connectivity index (χ4v) is 3.31. The van der Waals surface area contributed by atoms with Crippen molar-refractivity contribution < 1.29 is 4.79 Å². The summed E-state index contributed by atoms with van der Waals surface area (Å²) in [7, 11) is 0. The molecule has 0 saturated carbocycles. The van der Waals surface area contributed by atoms with Gasteiger partial charge >= 0.3 is 0 Å². The van der Waals surface area contributed by atoms with Crippen LogP contribution in [0.2, 0.25) is 0 Å². The van der Waals surface area contributed by atoms with Crippen LogP contribution in [-0.2, 0) is 6.54 Å². The number of hydrogen-bond donors (Lipinski definition) is 1. The van der Waals surface area contributed by atoms with E-state index >= 15 is 0 Å². The van der Waals surface area contributed by atoms with Crippen molar-refractivity contribution in [3.05, 3.63) is 45.4 Å². The highest BCUT2D eigenvalue weighted by Crippen LogP contribution is 2.26. The van der Waals surface area contributed by atoms with Gasteiger partial charge in [-0.3, -0.25) is 14.3 Å². The molecular weight excluding hydrogens is 306 g/mol. The summed E-state index contributed by atoms with van der Waals surface area (Å²) < 4.78 is 1.83. The number of amides is 1. The van der Waals surface area contributed by atoms with Gasteiger partial charge in [-0.15, -0.1) is 0 Å². The molecule has 24 heavy (non-hydrogen) atoms. The maximum absolute atomic E-state index is 12.8. The van der Waals surface area contributed by atoms with Gasteiger partial charge in [0, 0.05) is 37.3 Å². The van der Waals surface area contributed by atoms with E-state index in [-0.39, 0.29) is 17.4 Å². The molecule has 1 atom stereocenters. The minimum Gasteiger partial charge on any atom is -0.337 e. The normalized spacial score (nSPS) is 18.0. The molecule has 7 nitrogen and oxygen atoms in total. The van der Waals surface area contributed by atoms with Crippen LogP contribution in [0.1, 0.15) is 53.4 Å². The zero-order chi connectivity index (χ0) is 17.3. The Morgan fingerprint density at radius 3 is 2.83 bits per heavy atom. The summed E-state index contributed by atoms with van der Waals surface area (Å²) in [6.45, 7) is 7.78. The fraction of sp³-hybridized carbons (Fsp3) is 0.529. The maximum atomic E-state index is 12.8. The predicted octanol–water partition coefficient (Wildman–Crippen LogP) is 1.62. The number of hydrogen-bond acceptors (Lipinski definition) is 4. The predicted molar refractivity (Wildman–Crippen MR) is 90.1 cm³/mol. The number of likely N-dealkylation sites (tertiary alicyclic amines) is 1. The molecule has 3 heterocycles.